The highest BCUT2D eigenvalue weighted by atomic mass is 16.2. The summed E-state index contributed by atoms with van der Waals surface area (Å²) in [5.41, 5.74) is 3.84. The van der Waals surface area contributed by atoms with Gasteiger partial charge in [-0.05, 0) is 37.2 Å². The number of aryl methyl sites for hydroxylation is 1. The summed E-state index contributed by atoms with van der Waals surface area (Å²) in [6, 6.07) is 16.0. The summed E-state index contributed by atoms with van der Waals surface area (Å²) < 4.78 is 3.25. The van der Waals surface area contributed by atoms with E-state index in [1.54, 1.807) is 9.13 Å². The Bertz CT molecular complexity index is 1110. The molecule has 2 heterocycles. The maximum absolute atomic E-state index is 12.7. The molecule has 0 radical (unpaired) electrons. The van der Waals surface area contributed by atoms with Gasteiger partial charge in [0.2, 0.25) is 5.91 Å². The van der Waals surface area contributed by atoms with Gasteiger partial charge in [-0.1, -0.05) is 36.4 Å². The Morgan fingerprint density at radius 1 is 0.935 bits per heavy atom. The standard InChI is InChI=1S/C24H31N5O2/c1-3-28-21-9-4-5-10-22(21)29(24(28)31)18-23(30)25-16-19-7-6-8-20(15-19)17-27-13-11-26(2)12-14-27/h4-10,15H,3,11-14,16-18H2,1-2H3,(H,25,30). The topological polar surface area (TPSA) is 62.5 Å². The van der Waals surface area contributed by atoms with Crippen molar-refractivity contribution < 1.29 is 4.79 Å². The van der Waals surface area contributed by atoms with Crippen LogP contribution >= 0.6 is 0 Å². The number of hydrogen-bond acceptors (Lipinski definition) is 4. The van der Waals surface area contributed by atoms with Crippen molar-refractivity contribution in [1.82, 2.24) is 24.3 Å². The molecule has 0 atom stereocenters. The number of amides is 1. The van der Waals surface area contributed by atoms with E-state index in [-0.39, 0.29) is 18.1 Å². The van der Waals surface area contributed by atoms with Crippen molar-refractivity contribution in [3.8, 4) is 0 Å². The third-order valence-electron chi connectivity index (χ3n) is 6.03. The molecular formula is C24H31N5O2. The molecule has 0 aliphatic carbocycles. The van der Waals surface area contributed by atoms with Crippen LogP contribution in [0.15, 0.2) is 53.3 Å². The number of fused-ring (bicyclic) bond motifs is 1. The number of benzene rings is 2. The third-order valence-corrected chi connectivity index (χ3v) is 6.03. The monoisotopic (exact) mass is 421 g/mol. The van der Waals surface area contributed by atoms with Crippen LogP contribution in [0.3, 0.4) is 0 Å². The minimum absolute atomic E-state index is 0.0212. The summed E-state index contributed by atoms with van der Waals surface area (Å²) in [5.74, 6) is -0.162. The molecule has 1 saturated heterocycles. The van der Waals surface area contributed by atoms with E-state index in [1.807, 2.05) is 43.3 Å². The van der Waals surface area contributed by atoms with Crippen molar-refractivity contribution >= 4 is 16.9 Å². The summed E-state index contributed by atoms with van der Waals surface area (Å²) >= 11 is 0. The van der Waals surface area contributed by atoms with Crippen LogP contribution < -0.4 is 11.0 Å². The van der Waals surface area contributed by atoms with E-state index in [0.717, 1.165) is 49.3 Å². The predicted octanol–water partition coefficient (Wildman–Crippen LogP) is 1.89. The average Bonchev–Trinajstić information content (AvgIpc) is 3.05. The Morgan fingerprint density at radius 3 is 2.32 bits per heavy atom. The minimum atomic E-state index is -0.162. The molecule has 164 valence electrons. The van der Waals surface area contributed by atoms with Gasteiger partial charge in [0.15, 0.2) is 0 Å². The molecule has 1 amide bonds. The number of para-hydroxylation sites is 2. The number of imidazole rings is 1. The summed E-state index contributed by atoms with van der Waals surface area (Å²) in [4.78, 5) is 30.2. The molecule has 1 aliphatic heterocycles. The van der Waals surface area contributed by atoms with E-state index in [0.29, 0.717) is 13.1 Å². The van der Waals surface area contributed by atoms with Gasteiger partial charge in [-0.15, -0.1) is 0 Å². The van der Waals surface area contributed by atoms with E-state index in [9.17, 15) is 9.59 Å². The summed E-state index contributed by atoms with van der Waals surface area (Å²) in [5, 5.41) is 2.98. The fourth-order valence-corrected chi connectivity index (χ4v) is 4.23. The molecular weight excluding hydrogens is 390 g/mol. The van der Waals surface area contributed by atoms with Gasteiger partial charge in [-0.25, -0.2) is 4.79 Å². The van der Waals surface area contributed by atoms with Gasteiger partial charge in [0.25, 0.3) is 0 Å². The number of nitrogens with zero attached hydrogens (tertiary/aromatic N) is 4. The van der Waals surface area contributed by atoms with Crippen LogP contribution in [-0.2, 0) is 31.0 Å². The highest BCUT2D eigenvalue weighted by molar-refractivity contribution is 5.80. The molecule has 0 saturated carbocycles. The third kappa shape index (κ3) is 4.89. The average molecular weight is 422 g/mol. The second-order valence-electron chi connectivity index (χ2n) is 8.28. The lowest BCUT2D eigenvalue weighted by molar-refractivity contribution is -0.121. The SMILES string of the molecule is CCn1c(=O)n(CC(=O)NCc2cccc(CN3CCN(C)CC3)c2)c2ccccc21. The van der Waals surface area contributed by atoms with Crippen LogP contribution in [0.5, 0.6) is 0 Å². The van der Waals surface area contributed by atoms with Crippen molar-refractivity contribution in [2.45, 2.75) is 33.1 Å². The van der Waals surface area contributed by atoms with Crippen molar-refractivity contribution in [2.75, 3.05) is 33.2 Å². The maximum Gasteiger partial charge on any atom is 0.329 e. The Morgan fingerprint density at radius 2 is 1.61 bits per heavy atom. The van der Waals surface area contributed by atoms with Crippen molar-refractivity contribution in [3.63, 3.8) is 0 Å². The highest BCUT2D eigenvalue weighted by Gasteiger charge is 2.15. The largest absolute Gasteiger partial charge is 0.350 e. The van der Waals surface area contributed by atoms with E-state index in [2.05, 4.69) is 34.3 Å². The number of carbonyl (C=O) groups is 1. The number of nitrogens with one attached hydrogen (secondary N) is 1. The molecule has 4 rings (SSSR count). The van der Waals surface area contributed by atoms with Crippen LogP contribution in [0.1, 0.15) is 18.1 Å². The molecule has 31 heavy (non-hydrogen) atoms. The number of likely N-dealkylation sites (N-methyl/N-ethyl adjacent to an activating group) is 1. The Kier molecular flexibility index (Phi) is 6.53. The normalized spacial score (nSPS) is 15.4. The smallest absolute Gasteiger partial charge is 0.329 e. The van der Waals surface area contributed by atoms with Crippen molar-refractivity contribution in [2.24, 2.45) is 0 Å². The molecule has 2 aromatic carbocycles. The summed E-state index contributed by atoms with van der Waals surface area (Å²) in [7, 11) is 2.16. The Labute approximate surface area is 182 Å². The van der Waals surface area contributed by atoms with Gasteiger partial charge in [0.05, 0.1) is 11.0 Å². The van der Waals surface area contributed by atoms with E-state index < -0.39 is 0 Å². The first kappa shape index (κ1) is 21.3. The lowest BCUT2D eigenvalue weighted by Crippen LogP contribution is -2.43. The van der Waals surface area contributed by atoms with Crippen LogP contribution in [0.4, 0.5) is 0 Å². The Balaban J connectivity index is 1.38. The van der Waals surface area contributed by atoms with Gasteiger partial charge >= 0.3 is 5.69 Å². The molecule has 1 aliphatic rings. The number of carbonyl (C=O) groups excluding carboxylic acids is 1. The molecule has 1 N–H and O–H groups in total. The van der Waals surface area contributed by atoms with Gasteiger partial charge < -0.3 is 10.2 Å². The van der Waals surface area contributed by atoms with Gasteiger partial charge in [0.1, 0.15) is 6.54 Å². The molecule has 1 aromatic heterocycles. The van der Waals surface area contributed by atoms with Crippen molar-refractivity contribution in [3.05, 3.63) is 70.1 Å². The summed E-state index contributed by atoms with van der Waals surface area (Å²) in [6.45, 7) is 8.29. The molecule has 3 aromatic rings. The molecule has 0 spiro atoms. The lowest BCUT2D eigenvalue weighted by atomic mass is 10.1. The molecule has 7 heteroatoms. The van der Waals surface area contributed by atoms with E-state index >= 15 is 0 Å². The van der Waals surface area contributed by atoms with Gasteiger partial charge in [-0.3, -0.25) is 18.8 Å². The van der Waals surface area contributed by atoms with Crippen molar-refractivity contribution in [1.29, 1.82) is 0 Å². The predicted molar refractivity (Wildman–Crippen MR) is 123 cm³/mol. The van der Waals surface area contributed by atoms with Gasteiger partial charge in [0, 0.05) is 45.8 Å². The molecule has 1 fully saturated rings. The quantitative estimate of drug-likeness (QED) is 0.633. The minimum Gasteiger partial charge on any atom is -0.350 e. The van der Waals surface area contributed by atoms with Crippen LogP contribution in [-0.4, -0.2) is 58.1 Å². The first-order valence-electron chi connectivity index (χ1n) is 11.0. The zero-order valence-electron chi connectivity index (χ0n) is 18.4. The fraction of sp³-hybridized carbons (Fsp3) is 0.417. The summed E-state index contributed by atoms with van der Waals surface area (Å²) in [6.07, 6.45) is 0. The van der Waals surface area contributed by atoms with E-state index in [1.165, 1.54) is 5.56 Å². The number of hydrogen-bond donors (Lipinski definition) is 1. The van der Waals surface area contributed by atoms with E-state index in [4.69, 9.17) is 0 Å². The second-order valence-corrected chi connectivity index (χ2v) is 8.28. The zero-order chi connectivity index (χ0) is 21.8. The fourth-order valence-electron chi connectivity index (χ4n) is 4.23. The first-order valence-corrected chi connectivity index (χ1v) is 11.0. The zero-order valence-corrected chi connectivity index (χ0v) is 18.4. The molecule has 0 unspecified atom stereocenters. The highest BCUT2D eigenvalue weighted by Crippen LogP contribution is 2.13. The van der Waals surface area contributed by atoms with Crippen LogP contribution in [0.25, 0.3) is 11.0 Å². The number of aromatic nitrogens is 2. The number of rotatable bonds is 7. The Hall–Kier alpha value is -2.90. The maximum atomic E-state index is 12.7. The van der Waals surface area contributed by atoms with Crippen LogP contribution in [0, 0.1) is 0 Å². The van der Waals surface area contributed by atoms with Gasteiger partial charge in [-0.2, -0.15) is 0 Å². The molecule has 0 bridgehead atoms. The molecule has 7 nitrogen and oxygen atoms in total. The first-order chi connectivity index (χ1) is 15.0. The second kappa shape index (κ2) is 9.49. The number of piperazine rings is 1. The lowest BCUT2D eigenvalue weighted by Gasteiger charge is -2.32. The van der Waals surface area contributed by atoms with Crippen LogP contribution in [0.2, 0.25) is 0 Å².